The van der Waals surface area contributed by atoms with Crippen molar-refractivity contribution in [3.05, 3.63) is 113 Å². The summed E-state index contributed by atoms with van der Waals surface area (Å²) in [5.74, 6) is -0.778. The molecular formula is C40H45N5O7. The summed E-state index contributed by atoms with van der Waals surface area (Å²) >= 11 is 0. The number of amides is 3. The third-order valence-electron chi connectivity index (χ3n) is 8.33. The fourth-order valence-corrected chi connectivity index (χ4v) is 6.09. The maximum atomic E-state index is 14.9. The molecule has 12 nitrogen and oxygen atoms in total. The van der Waals surface area contributed by atoms with Crippen molar-refractivity contribution in [2.45, 2.75) is 71.6 Å². The summed E-state index contributed by atoms with van der Waals surface area (Å²) in [7, 11) is 1.67. The van der Waals surface area contributed by atoms with Gasteiger partial charge in [-0.2, -0.15) is 4.98 Å². The van der Waals surface area contributed by atoms with Gasteiger partial charge in [-0.15, -0.1) is 0 Å². The molecule has 0 saturated carbocycles. The molecule has 1 N–H and O–H groups in total. The highest BCUT2D eigenvalue weighted by atomic mass is 16.6. The number of esters is 1. The Balaban J connectivity index is 1.40. The minimum absolute atomic E-state index is 0.0716. The second-order valence-corrected chi connectivity index (χ2v) is 13.5. The number of nitrogens with zero attached hydrogens (tertiary/aromatic N) is 4. The maximum absolute atomic E-state index is 14.9. The maximum Gasteiger partial charge on any atom is 0.414 e. The lowest BCUT2D eigenvalue weighted by atomic mass is 9.95. The molecule has 1 aliphatic heterocycles. The van der Waals surface area contributed by atoms with Crippen LogP contribution in [0.5, 0.6) is 5.88 Å². The monoisotopic (exact) mass is 707 g/mol. The molecule has 3 aromatic carbocycles. The molecule has 3 amide bonds. The van der Waals surface area contributed by atoms with Crippen molar-refractivity contribution >= 4 is 35.5 Å². The molecule has 4 aromatic rings. The molecule has 0 saturated heterocycles. The summed E-state index contributed by atoms with van der Waals surface area (Å²) in [6.45, 7) is 9.28. The zero-order valence-corrected chi connectivity index (χ0v) is 30.4. The van der Waals surface area contributed by atoms with Crippen LogP contribution in [-0.2, 0) is 25.5 Å². The second-order valence-electron chi connectivity index (χ2n) is 13.5. The van der Waals surface area contributed by atoms with Crippen LogP contribution in [0, 0.1) is 6.92 Å². The zero-order valence-electron chi connectivity index (χ0n) is 30.4. The highest BCUT2D eigenvalue weighted by molar-refractivity contribution is 6.11. The van der Waals surface area contributed by atoms with E-state index in [0.29, 0.717) is 53.4 Å². The number of anilines is 2. The fourth-order valence-electron chi connectivity index (χ4n) is 6.09. The van der Waals surface area contributed by atoms with Gasteiger partial charge in [0.25, 0.3) is 11.8 Å². The smallest absolute Gasteiger partial charge is 0.414 e. The van der Waals surface area contributed by atoms with Crippen molar-refractivity contribution < 1.29 is 33.4 Å². The molecule has 2 atom stereocenters. The second kappa shape index (κ2) is 16.5. The van der Waals surface area contributed by atoms with Crippen molar-refractivity contribution in [3.8, 4) is 5.88 Å². The Labute approximate surface area is 304 Å². The van der Waals surface area contributed by atoms with Crippen LogP contribution in [0.3, 0.4) is 0 Å². The van der Waals surface area contributed by atoms with Crippen molar-refractivity contribution in [3.63, 3.8) is 0 Å². The minimum atomic E-state index is -1.01. The van der Waals surface area contributed by atoms with E-state index in [1.54, 1.807) is 58.7 Å². The number of rotatable bonds is 12. The van der Waals surface area contributed by atoms with Gasteiger partial charge in [-0.3, -0.25) is 19.7 Å². The van der Waals surface area contributed by atoms with Crippen molar-refractivity contribution in [1.82, 2.24) is 14.9 Å². The molecule has 5 rings (SSSR count). The van der Waals surface area contributed by atoms with Gasteiger partial charge >= 0.3 is 12.1 Å². The normalized spacial score (nSPS) is 15.0. The Bertz CT molecular complexity index is 1900. The van der Waals surface area contributed by atoms with E-state index in [0.717, 1.165) is 5.56 Å². The largest absolute Gasteiger partial charge is 0.478 e. The van der Waals surface area contributed by atoms with E-state index in [2.05, 4.69) is 15.3 Å². The number of aromatic nitrogens is 2. The number of ether oxygens (including phenoxy) is 3. The molecule has 52 heavy (non-hydrogen) atoms. The third-order valence-corrected chi connectivity index (χ3v) is 8.33. The van der Waals surface area contributed by atoms with E-state index in [4.69, 9.17) is 14.2 Å². The predicted octanol–water partition coefficient (Wildman–Crippen LogP) is 7.00. The molecule has 12 heteroatoms. The van der Waals surface area contributed by atoms with Crippen molar-refractivity contribution in [1.29, 1.82) is 0 Å². The van der Waals surface area contributed by atoms with Crippen LogP contribution >= 0.6 is 0 Å². The van der Waals surface area contributed by atoms with Crippen LogP contribution in [-0.4, -0.2) is 64.6 Å². The van der Waals surface area contributed by atoms with Gasteiger partial charge in [0.2, 0.25) is 11.8 Å². The van der Waals surface area contributed by atoms with E-state index < -0.39 is 29.7 Å². The number of carbonyl (C=O) groups excluding carboxylic acids is 4. The molecular weight excluding hydrogens is 662 g/mol. The topological polar surface area (TPSA) is 140 Å². The van der Waals surface area contributed by atoms with E-state index in [9.17, 15) is 19.2 Å². The van der Waals surface area contributed by atoms with Crippen LogP contribution < -0.4 is 15.0 Å². The van der Waals surface area contributed by atoms with Gasteiger partial charge in [0.05, 0.1) is 36.9 Å². The summed E-state index contributed by atoms with van der Waals surface area (Å²) < 4.78 is 16.6. The molecule has 0 bridgehead atoms. The molecule has 0 spiro atoms. The first kappa shape index (κ1) is 37.5. The first-order valence-electron chi connectivity index (χ1n) is 17.3. The number of aryl methyl sites for hydroxylation is 2. The third kappa shape index (κ3) is 9.30. The molecule has 1 aliphatic rings. The molecule has 2 heterocycles. The van der Waals surface area contributed by atoms with Gasteiger partial charge in [-0.25, -0.2) is 9.78 Å². The summed E-state index contributed by atoms with van der Waals surface area (Å²) in [5, 5.41) is 2.54. The molecule has 0 fully saturated rings. The van der Waals surface area contributed by atoms with Gasteiger partial charge in [-0.1, -0.05) is 66.7 Å². The Morgan fingerprint density at radius 3 is 2.31 bits per heavy atom. The summed E-state index contributed by atoms with van der Waals surface area (Å²) in [6.07, 6.45) is 0.330. The molecule has 2 unspecified atom stereocenters. The van der Waals surface area contributed by atoms with Crippen molar-refractivity contribution in [2.24, 2.45) is 0 Å². The zero-order chi connectivity index (χ0) is 37.4. The minimum Gasteiger partial charge on any atom is -0.478 e. The number of benzene rings is 3. The highest BCUT2D eigenvalue weighted by Gasteiger charge is 2.43. The summed E-state index contributed by atoms with van der Waals surface area (Å²) in [4.78, 5) is 66.1. The quantitative estimate of drug-likeness (QED) is 0.122. The fraction of sp³-hybridized carbons (Fsp3) is 0.350. The van der Waals surface area contributed by atoms with Gasteiger partial charge in [0.1, 0.15) is 11.6 Å². The predicted molar refractivity (Wildman–Crippen MR) is 196 cm³/mol. The Hall–Kier alpha value is -5.78. The highest BCUT2D eigenvalue weighted by Crippen LogP contribution is 2.41. The van der Waals surface area contributed by atoms with Crippen molar-refractivity contribution in [2.75, 3.05) is 30.5 Å². The van der Waals surface area contributed by atoms with Crippen LogP contribution in [0.15, 0.2) is 84.9 Å². The Morgan fingerprint density at radius 1 is 0.942 bits per heavy atom. The number of fused-ring (bicyclic) bond motifs is 1. The van der Waals surface area contributed by atoms with E-state index in [1.807, 2.05) is 72.8 Å². The molecule has 1 aromatic heterocycles. The van der Waals surface area contributed by atoms with Gasteiger partial charge in [0, 0.05) is 18.8 Å². The molecule has 0 aliphatic carbocycles. The summed E-state index contributed by atoms with van der Waals surface area (Å²) in [6, 6.07) is 23.8. The van der Waals surface area contributed by atoms with Gasteiger partial charge in [0.15, 0.2) is 0 Å². The van der Waals surface area contributed by atoms with Crippen LogP contribution in [0.4, 0.5) is 16.4 Å². The molecule has 272 valence electrons. The number of hydrogen-bond donors (Lipinski definition) is 1. The lowest BCUT2D eigenvalue weighted by molar-refractivity contribution is -0.145. The van der Waals surface area contributed by atoms with Crippen LogP contribution in [0.2, 0.25) is 0 Å². The van der Waals surface area contributed by atoms with Crippen LogP contribution in [0.25, 0.3) is 0 Å². The first-order chi connectivity index (χ1) is 24.8. The SMILES string of the molecule is CCOC(=O)CC(c1ccccc1)N1C(=O)c2cc(CCCOc3cc(C)nc(NC(=O)OC(C)(C)C)n3)ccc2N(C)C(=O)C1c1ccccc1. The lowest BCUT2D eigenvalue weighted by Gasteiger charge is -2.37. The average molecular weight is 708 g/mol. The van der Waals surface area contributed by atoms with Gasteiger partial charge in [-0.05, 0) is 76.3 Å². The number of hydrogen-bond acceptors (Lipinski definition) is 9. The van der Waals surface area contributed by atoms with E-state index in [-0.39, 0.29) is 30.8 Å². The van der Waals surface area contributed by atoms with E-state index in [1.165, 1.54) is 4.90 Å². The first-order valence-corrected chi connectivity index (χ1v) is 17.3. The number of nitrogens with one attached hydrogen (secondary N) is 1. The number of carbonyl (C=O) groups is 4. The Kier molecular flexibility index (Phi) is 11.9. The van der Waals surface area contributed by atoms with Gasteiger partial charge < -0.3 is 24.0 Å². The Morgan fingerprint density at radius 2 is 1.63 bits per heavy atom. The average Bonchev–Trinajstić information content (AvgIpc) is 3.17. The number of likely N-dealkylation sites (N-methyl/N-ethyl adjacent to an activating group) is 1. The standard InChI is InChI=1S/C40H45N5O7/c1-7-50-34(46)25-32(28-16-10-8-11-17-28)45-35(29-18-12-9-13-19-29)37(48)44(6)31-21-20-27(24-30(31)36(45)47)15-14-22-51-33-23-26(2)41-38(42-33)43-39(49)52-40(3,4)5/h8-13,16-21,23-24,32,35H,7,14-15,22,25H2,1-6H3,(H,41,42,43,49). The summed E-state index contributed by atoms with van der Waals surface area (Å²) in [5.41, 5.74) is 2.96. The lowest BCUT2D eigenvalue weighted by Crippen LogP contribution is -2.44. The molecule has 0 radical (unpaired) electrons. The van der Waals surface area contributed by atoms with E-state index >= 15 is 0 Å². The van der Waals surface area contributed by atoms with Crippen LogP contribution in [0.1, 0.15) is 85.4 Å².